The molecular weight excluding hydrogens is 438 g/mol. The molecular formula is C21H19N3O5S2. The van der Waals surface area contributed by atoms with E-state index in [0.29, 0.717) is 5.56 Å². The predicted molar refractivity (Wildman–Crippen MR) is 121 cm³/mol. The van der Waals surface area contributed by atoms with Crippen molar-refractivity contribution < 1.29 is 18.1 Å². The van der Waals surface area contributed by atoms with Gasteiger partial charge in [-0.3, -0.25) is 19.8 Å². The van der Waals surface area contributed by atoms with Crippen LogP contribution in [-0.2, 0) is 21.2 Å². The van der Waals surface area contributed by atoms with Crippen molar-refractivity contribution in [3.8, 4) is 0 Å². The van der Waals surface area contributed by atoms with Gasteiger partial charge in [-0.15, -0.1) is 11.0 Å². The number of hydrogen-bond donors (Lipinski definition) is 0. The first-order valence-electron chi connectivity index (χ1n) is 9.26. The molecule has 0 unspecified atom stereocenters. The summed E-state index contributed by atoms with van der Waals surface area (Å²) in [6, 6.07) is 12.2. The average Bonchev–Trinajstić information content (AvgIpc) is 3.02. The van der Waals surface area contributed by atoms with Gasteiger partial charge in [-0.1, -0.05) is 37.3 Å². The molecule has 3 rings (SSSR count). The molecule has 0 spiro atoms. The van der Waals surface area contributed by atoms with E-state index >= 15 is 0 Å². The molecule has 0 aliphatic carbocycles. The van der Waals surface area contributed by atoms with E-state index in [1.165, 1.54) is 47.4 Å². The number of aryl methyl sites for hydroxylation is 1. The van der Waals surface area contributed by atoms with Gasteiger partial charge >= 0.3 is 0 Å². The SMILES string of the molecule is C=CCN1C(=O)/C(=C/c2cccc([N+](=O)[O-])c2)SC1=NS(=O)(=O)c1ccc(CC)cc1. The molecule has 8 nitrogen and oxygen atoms in total. The number of amides is 1. The summed E-state index contributed by atoms with van der Waals surface area (Å²) >= 11 is 0.896. The Hall–Kier alpha value is -3.24. The molecule has 0 aromatic heterocycles. The van der Waals surface area contributed by atoms with Crippen LogP contribution in [-0.4, -0.2) is 35.9 Å². The van der Waals surface area contributed by atoms with Gasteiger partial charge in [-0.05, 0) is 47.5 Å². The van der Waals surface area contributed by atoms with Crippen LogP contribution in [0.2, 0.25) is 0 Å². The van der Waals surface area contributed by atoms with Crippen LogP contribution in [0.25, 0.3) is 6.08 Å². The third-order valence-electron chi connectivity index (χ3n) is 4.41. The molecule has 1 heterocycles. The van der Waals surface area contributed by atoms with E-state index < -0.39 is 20.9 Å². The van der Waals surface area contributed by atoms with Crippen LogP contribution in [0, 0.1) is 10.1 Å². The Balaban J connectivity index is 1.98. The maximum Gasteiger partial charge on any atom is 0.284 e. The summed E-state index contributed by atoms with van der Waals surface area (Å²) in [6.07, 6.45) is 3.71. The number of nitrogens with zero attached hydrogens (tertiary/aromatic N) is 3. The Morgan fingerprint density at radius 2 is 1.94 bits per heavy atom. The second-order valence-corrected chi connectivity index (χ2v) is 9.13. The highest BCUT2D eigenvalue weighted by molar-refractivity contribution is 8.19. The van der Waals surface area contributed by atoms with Crippen LogP contribution in [0.5, 0.6) is 0 Å². The number of sulfonamides is 1. The third-order valence-corrected chi connectivity index (χ3v) is 6.81. The normalized spacial score (nSPS) is 16.8. The zero-order valence-corrected chi connectivity index (χ0v) is 18.2. The molecule has 1 aliphatic rings. The van der Waals surface area contributed by atoms with Gasteiger partial charge in [0, 0.05) is 18.7 Å². The summed E-state index contributed by atoms with van der Waals surface area (Å²) in [5, 5.41) is 11.0. The monoisotopic (exact) mass is 457 g/mol. The first-order valence-corrected chi connectivity index (χ1v) is 11.5. The third kappa shape index (κ3) is 5.09. The summed E-state index contributed by atoms with van der Waals surface area (Å²) < 4.78 is 29.4. The van der Waals surface area contributed by atoms with Crippen LogP contribution in [0.15, 0.2) is 75.4 Å². The number of thioether (sulfide) groups is 1. The molecule has 0 saturated carbocycles. The number of hydrogen-bond acceptors (Lipinski definition) is 6. The van der Waals surface area contributed by atoms with Gasteiger partial charge in [0.1, 0.15) is 0 Å². The summed E-state index contributed by atoms with van der Waals surface area (Å²) in [6.45, 7) is 5.64. The smallest absolute Gasteiger partial charge is 0.282 e. The first-order chi connectivity index (χ1) is 14.7. The zero-order valence-electron chi connectivity index (χ0n) is 16.6. The topological polar surface area (TPSA) is 110 Å². The zero-order chi connectivity index (χ0) is 22.6. The van der Waals surface area contributed by atoms with Gasteiger partial charge in [0.05, 0.1) is 14.7 Å². The number of carbonyl (C=O) groups is 1. The molecule has 0 radical (unpaired) electrons. The Labute approximate surface area is 184 Å². The number of carbonyl (C=O) groups excluding carboxylic acids is 1. The number of nitro groups is 1. The van der Waals surface area contributed by atoms with Crippen LogP contribution in [0.1, 0.15) is 18.1 Å². The number of amidine groups is 1. The maximum absolute atomic E-state index is 12.8. The Bertz CT molecular complexity index is 1200. The van der Waals surface area contributed by atoms with Crippen molar-refractivity contribution in [1.29, 1.82) is 0 Å². The fourth-order valence-corrected chi connectivity index (χ4v) is 4.99. The van der Waals surface area contributed by atoms with Crippen molar-refractivity contribution in [2.45, 2.75) is 18.2 Å². The summed E-state index contributed by atoms with van der Waals surface area (Å²) in [7, 11) is -4.04. The molecule has 10 heteroatoms. The predicted octanol–water partition coefficient (Wildman–Crippen LogP) is 4.00. The molecule has 0 bridgehead atoms. The van der Waals surface area contributed by atoms with Crippen LogP contribution >= 0.6 is 11.8 Å². The lowest BCUT2D eigenvalue weighted by Crippen LogP contribution is -2.29. The minimum atomic E-state index is -4.04. The van der Waals surface area contributed by atoms with Crippen LogP contribution in [0.4, 0.5) is 5.69 Å². The molecule has 1 amide bonds. The fourth-order valence-electron chi connectivity index (χ4n) is 2.80. The fraction of sp³-hybridized carbons (Fsp3) is 0.143. The average molecular weight is 458 g/mol. The minimum absolute atomic E-state index is 0.00106. The Morgan fingerprint density at radius 1 is 1.23 bits per heavy atom. The Kier molecular flexibility index (Phi) is 6.71. The van der Waals surface area contributed by atoms with Crippen LogP contribution < -0.4 is 0 Å². The highest BCUT2D eigenvalue weighted by Crippen LogP contribution is 2.34. The highest BCUT2D eigenvalue weighted by Gasteiger charge is 2.34. The van der Waals surface area contributed by atoms with Gasteiger partial charge < -0.3 is 0 Å². The molecule has 1 fully saturated rings. The lowest BCUT2D eigenvalue weighted by Gasteiger charge is -2.12. The molecule has 0 atom stereocenters. The Morgan fingerprint density at radius 3 is 2.55 bits per heavy atom. The first kappa shape index (κ1) is 22.4. The quantitative estimate of drug-likeness (QED) is 0.269. The van der Waals surface area contributed by atoms with Crippen molar-refractivity contribution in [2.24, 2.45) is 4.40 Å². The van der Waals surface area contributed by atoms with E-state index in [1.807, 2.05) is 6.92 Å². The molecule has 0 N–H and O–H groups in total. The van der Waals surface area contributed by atoms with Crippen molar-refractivity contribution in [3.63, 3.8) is 0 Å². The van der Waals surface area contributed by atoms with Gasteiger partial charge in [-0.2, -0.15) is 8.42 Å². The lowest BCUT2D eigenvalue weighted by atomic mass is 10.2. The molecule has 160 valence electrons. The van der Waals surface area contributed by atoms with Gasteiger partial charge in [0.2, 0.25) is 0 Å². The van der Waals surface area contributed by atoms with E-state index in [4.69, 9.17) is 0 Å². The second kappa shape index (κ2) is 9.27. The maximum atomic E-state index is 12.8. The number of rotatable bonds is 7. The van der Waals surface area contributed by atoms with E-state index in [-0.39, 0.29) is 27.2 Å². The van der Waals surface area contributed by atoms with E-state index in [1.54, 1.807) is 18.2 Å². The van der Waals surface area contributed by atoms with Gasteiger partial charge in [0.25, 0.3) is 21.6 Å². The van der Waals surface area contributed by atoms with Crippen molar-refractivity contribution >= 4 is 44.6 Å². The highest BCUT2D eigenvalue weighted by atomic mass is 32.2. The standard InChI is InChI=1S/C21H19N3O5S2/c1-3-12-23-20(25)19(14-16-6-5-7-17(13-16)24(26)27)30-21(23)22-31(28,29)18-10-8-15(4-2)9-11-18/h3,5-11,13-14H,1,4,12H2,2H3/b19-14-,22-21?. The second-order valence-electron chi connectivity index (χ2n) is 6.51. The largest absolute Gasteiger partial charge is 0.284 e. The van der Waals surface area contributed by atoms with Crippen LogP contribution in [0.3, 0.4) is 0 Å². The van der Waals surface area contributed by atoms with Gasteiger partial charge in [-0.25, -0.2) is 0 Å². The summed E-state index contributed by atoms with van der Waals surface area (Å²) in [5.74, 6) is -0.452. The number of nitro benzene ring substituents is 1. The number of benzene rings is 2. The lowest BCUT2D eigenvalue weighted by molar-refractivity contribution is -0.384. The van der Waals surface area contributed by atoms with E-state index in [2.05, 4.69) is 11.0 Å². The molecule has 31 heavy (non-hydrogen) atoms. The molecule has 1 aliphatic heterocycles. The molecule has 1 saturated heterocycles. The molecule has 2 aromatic rings. The van der Waals surface area contributed by atoms with Crippen molar-refractivity contribution in [2.75, 3.05) is 6.54 Å². The van der Waals surface area contributed by atoms with E-state index in [9.17, 15) is 23.3 Å². The molecule has 2 aromatic carbocycles. The number of non-ortho nitro benzene ring substituents is 1. The van der Waals surface area contributed by atoms with E-state index in [0.717, 1.165) is 23.7 Å². The van der Waals surface area contributed by atoms with Crippen molar-refractivity contribution in [1.82, 2.24) is 4.90 Å². The van der Waals surface area contributed by atoms with Gasteiger partial charge in [0.15, 0.2) is 5.17 Å². The van der Waals surface area contributed by atoms with Crippen molar-refractivity contribution in [3.05, 3.63) is 87.3 Å². The summed E-state index contributed by atoms with van der Waals surface area (Å²) in [5.41, 5.74) is 1.33. The minimum Gasteiger partial charge on any atom is -0.282 e. The summed E-state index contributed by atoms with van der Waals surface area (Å²) in [4.78, 5) is 24.7.